The zero-order valence-electron chi connectivity index (χ0n) is 17.2. The van der Waals surface area contributed by atoms with Gasteiger partial charge in [0.15, 0.2) is 11.5 Å². The summed E-state index contributed by atoms with van der Waals surface area (Å²) >= 11 is 0. The van der Waals surface area contributed by atoms with Crippen molar-refractivity contribution in [1.82, 2.24) is 9.88 Å². The second-order valence-corrected chi connectivity index (χ2v) is 7.11. The summed E-state index contributed by atoms with van der Waals surface area (Å²) in [6, 6.07) is 12.2. The van der Waals surface area contributed by atoms with Gasteiger partial charge in [-0.2, -0.15) is 0 Å². The zero-order chi connectivity index (χ0) is 22.7. The summed E-state index contributed by atoms with van der Waals surface area (Å²) in [7, 11) is 0. The maximum atomic E-state index is 13.1. The number of Topliss-reactive ketones (excluding diaryl/α,β-unsaturated/α-hetero) is 1. The lowest BCUT2D eigenvalue weighted by Gasteiger charge is -2.26. The SMILES string of the molecule is CCOC(=O)c1ccc(CN2C(=O)C(O)=C(C(=O)c3ccco3)C2c2cccnc2)cc1. The van der Waals surface area contributed by atoms with Gasteiger partial charge in [0.2, 0.25) is 5.78 Å². The summed E-state index contributed by atoms with van der Waals surface area (Å²) in [5.41, 5.74) is 1.60. The molecule has 8 heteroatoms. The molecule has 4 rings (SSSR count). The molecule has 32 heavy (non-hydrogen) atoms. The van der Waals surface area contributed by atoms with E-state index in [9.17, 15) is 19.5 Å². The van der Waals surface area contributed by atoms with Crippen molar-refractivity contribution in [2.24, 2.45) is 0 Å². The first kappa shape index (κ1) is 21.0. The van der Waals surface area contributed by atoms with E-state index < -0.39 is 29.5 Å². The first-order chi connectivity index (χ1) is 15.5. The van der Waals surface area contributed by atoms with Gasteiger partial charge in [-0.15, -0.1) is 0 Å². The van der Waals surface area contributed by atoms with Gasteiger partial charge in [-0.3, -0.25) is 14.6 Å². The van der Waals surface area contributed by atoms with Crippen molar-refractivity contribution in [1.29, 1.82) is 0 Å². The van der Waals surface area contributed by atoms with Gasteiger partial charge in [-0.1, -0.05) is 18.2 Å². The van der Waals surface area contributed by atoms with Crippen molar-refractivity contribution in [3.05, 3.63) is 101 Å². The monoisotopic (exact) mass is 432 g/mol. The van der Waals surface area contributed by atoms with Crippen LogP contribution in [0.4, 0.5) is 0 Å². The van der Waals surface area contributed by atoms with Crippen LogP contribution in [0.15, 0.2) is 82.9 Å². The summed E-state index contributed by atoms with van der Waals surface area (Å²) in [5, 5.41) is 10.6. The number of carbonyl (C=O) groups excluding carboxylic acids is 3. The number of ether oxygens (including phenoxy) is 1. The topological polar surface area (TPSA) is 110 Å². The van der Waals surface area contributed by atoms with E-state index in [1.165, 1.54) is 17.2 Å². The molecule has 3 heterocycles. The van der Waals surface area contributed by atoms with Crippen molar-refractivity contribution in [2.45, 2.75) is 19.5 Å². The van der Waals surface area contributed by atoms with E-state index in [-0.39, 0.29) is 24.5 Å². The largest absolute Gasteiger partial charge is 0.503 e. The molecule has 0 aliphatic carbocycles. The Labute approximate surface area is 183 Å². The number of rotatable bonds is 7. The van der Waals surface area contributed by atoms with Crippen LogP contribution in [-0.2, 0) is 16.1 Å². The molecule has 1 aliphatic heterocycles. The Bertz CT molecular complexity index is 1170. The summed E-state index contributed by atoms with van der Waals surface area (Å²) in [4.78, 5) is 43.4. The highest BCUT2D eigenvalue weighted by Crippen LogP contribution is 2.39. The maximum absolute atomic E-state index is 13.1. The molecule has 1 unspecified atom stereocenters. The molecular formula is C24H20N2O6. The van der Waals surface area contributed by atoms with E-state index in [2.05, 4.69) is 4.98 Å². The summed E-state index contributed by atoms with van der Waals surface area (Å²) in [6.07, 6.45) is 4.47. The van der Waals surface area contributed by atoms with Crippen LogP contribution in [0.5, 0.6) is 0 Å². The van der Waals surface area contributed by atoms with E-state index in [1.807, 2.05) is 0 Å². The molecule has 3 aromatic rings. The Balaban J connectivity index is 1.68. The Morgan fingerprint density at radius 3 is 2.56 bits per heavy atom. The van der Waals surface area contributed by atoms with E-state index in [1.54, 1.807) is 61.8 Å². The minimum atomic E-state index is -0.849. The summed E-state index contributed by atoms with van der Waals surface area (Å²) in [5.74, 6) is -2.29. The molecule has 0 saturated heterocycles. The van der Waals surface area contributed by atoms with E-state index in [0.717, 1.165) is 0 Å². The van der Waals surface area contributed by atoms with Crippen LogP contribution in [-0.4, -0.2) is 39.3 Å². The first-order valence-electron chi connectivity index (χ1n) is 9.99. The van der Waals surface area contributed by atoms with Crippen LogP contribution in [0.3, 0.4) is 0 Å². The molecule has 0 spiro atoms. The van der Waals surface area contributed by atoms with Crippen molar-refractivity contribution in [3.8, 4) is 0 Å². The normalized spacial score (nSPS) is 15.8. The standard InChI is InChI=1S/C24H20N2O6/c1-2-31-24(30)16-9-7-15(8-10-16)14-26-20(17-5-3-11-25-13-17)19(22(28)23(26)29)21(27)18-6-4-12-32-18/h3-13,20,28H,2,14H2,1H3. The average Bonchev–Trinajstić information content (AvgIpc) is 3.43. The average molecular weight is 432 g/mol. The number of benzene rings is 1. The van der Waals surface area contributed by atoms with Gasteiger partial charge in [0.05, 0.1) is 30.0 Å². The molecule has 1 amide bonds. The number of nitrogens with zero attached hydrogens (tertiary/aromatic N) is 2. The van der Waals surface area contributed by atoms with E-state index >= 15 is 0 Å². The van der Waals surface area contributed by atoms with E-state index in [0.29, 0.717) is 16.7 Å². The number of furan rings is 1. The van der Waals surface area contributed by atoms with Gasteiger partial charge in [0.1, 0.15) is 0 Å². The maximum Gasteiger partial charge on any atom is 0.338 e. The van der Waals surface area contributed by atoms with Gasteiger partial charge >= 0.3 is 5.97 Å². The van der Waals surface area contributed by atoms with Crippen molar-refractivity contribution >= 4 is 17.7 Å². The van der Waals surface area contributed by atoms with Crippen LogP contribution < -0.4 is 0 Å². The lowest BCUT2D eigenvalue weighted by atomic mass is 9.96. The third-order valence-corrected chi connectivity index (χ3v) is 5.11. The first-order valence-corrected chi connectivity index (χ1v) is 9.99. The Morgan fingerprint density at radius 1 is 1.16 bits per heavy atom. The molecule has 0 saturated carbocycles. The molecule has 1 aromatic carbocycles. The number of aliphatic hydroxyl groups is 1. The Morgan fingerprint density at radius 2 is 1.94 bits per heavy atom. The second-order valence-electron chi connectivity index (χ2n) is 7.11. The molecular weight excluding hydrogens is 412 g/mol. The molecule has 1 N–H and O–H groups in total. The molecule has 8 nitrogen and oxygen atoms in total. The number of aromatic nitrogens is 1. The highest BCUT2D eigenvalue weighted by molar-refractivity contribution is 6.15. The molecule has 0 fully saturated rings. The van der Waals surface area contributed by atoms with Gasteiger partial charge in [-0.05, 0) is 48.4 Å². The predicted molar refractivity (Wildman–Crippen MR) is 113 cm³/mol. The quantitative estimate of drug-likeness (QED) is 0.448. The number of hydrogen-bond acceptors (Lipinski definition) is 7. The minimum absolute atomic E-state index is 0.0221. The second kappa shape index (κ2) is 8.89. The summed E-state index contributed by atoms with van der Waals surface area (Å²) < 4.78 is 10.2. The molecule has 162 valence electrons. The lowest BCUT2D eigenvalue weighted by molar-refractivity contribution is -0.130. The smallest absolute Gasteiger partial charge is 0.338 e. The number of esters is 1. The van der Waals surface area contributed by atoms with Gasteiger partial charge in [0.25, 0.3) is 5.91 Å². The number of amides is 1. The lowest BCUT2D eigenvalue weighted by Crippen LogP contribution is -2.30. The van der Waals surface area contributed by atoms with E-state index in [4.69, 9.17) is 9.15 Å². The molecule has 1 atom stereocenters. The number of aliphatic hydroxyl groups excluding tert-OH is 1. The fourth-order valence-corrected chi connectivity index (χ4v) is 3.63. The van der Waals surface area contributed by atoms with Crippen LogP contribution in [0.2, 0.25) is 0 Å². The number of carbonyl (C=O) groups is 3. The third-order valence-electron chi connectivity index (χ3n) is 5.11. The van der Waals surface area contributed by atoms with Crippen LogP contribution in [0.1, 0.15) is 45.0 Å². The molecule has 1 aliphatic rings. The minimum Gasteiger partial charge on any atom is -0.503 e. The van der Waals surface area contributed by atoms with Crippen molar-refractivity contribution in [2.75, 3.05) is 6.61 Å². The summed E-state index contributed by atoms with van der Waals surface area (Å²) in [6.45, 7) is 2.10. The third kappa shape index (κ3) is 3.90. The highest BCUT2D eigenvalue weighted by atomic mass is 16.5. The molecule has 0 radical (unpaired) electrons. The Hall–Kier alpha value is -4.20. The molecule has 2 aromatic heterocycles. The van der Waals surface area contributed by atoms with Gasteiger partial charge in [0, 0.05) is 18.9 Å². The van der Waals surface area contributed by atoms with Crippen molar-refractivity contribution < 1.29 is 28.6 Å². The van der Waals surface area contributed by atoms with Crippen LogP contribution >= 0.6 is 0 Å². The van der Waals surface area contributed by atoms with Gasteiger partial charge in [-0.25, -0.2) is 4.79 Å². The fourth-order valence-electron chi connectivity index (χ4n) is 3.63. The highest BCUT2D eigenvalue weighted by Gasteiger charge is 2.44. The van der Waals surface area contributed by atoms with Gasteiger partial charge < -0.3 is 19.2 Å². The molecule has 0 bridgehead atoms. The predicted octanol–water partition coefficient (Wildman–Crippen LogP) is 3.63. The number of pyridine rings is 1. The fraction of sp³-hybridized carbons (Fsp3) is 0.167. The van der Waals surface area contributed by atoms with Crippen LogP contribution in [0, 0.1) is 0 Å². The van der Waals surface area contributed by atoms with Crippen molar-refractivity contribution in [3.63, 3.8) is 0 Å². The van der Waals surface area contributed by atoms with Crippen LogP contribution in [0.25, 0.3) is 0 Å². The Kier molecular flexibility index (Phi) is 5.85. The zero-order valence-corrected chi connectivity index (χ0v) is 17.2. The number of hydrogen-bond donors (Lipinski definition) is 1. The number of ketones is 1.